The van der Waals surface area contributed by atoms with Gasteiger partial charge in [0.05, 0.1) is 11.3 Å². The maximum atomic E-state index is 13.0. The number of hydrogen-bond acceptors (Lipinski definition) is 4. The Labute approximate surface area is 140 Å². The molecule has 1 aromatic heterocycles. The molecular formula is C13H7F3IN3OS. The summed E-state index contributed by atoms with van der Waals surface area (Å²) in [7, 11) is 0. The Morgan fingerprint density at radius 2 is 2.09 bits per heavy atom. The molecule has 0 fully saturated rings. The molecule has 0 aliphatic carbocycles. The first-order chi connectivity index (χ1) is 10.3. The van der Waals surface area contributed by atoms with Gasteiger partial charge in [-0.1, -0.05) is 23.9 Å². The number of rotatable bonds is 2. The van der Waals surface area contributed by atoms with E-state index in [-0.39, 0.29) is 25.5 Å². The van der Waals surface area contributed by atoms with Crippen LogP contribution in [0.4, 0.5) is 13.2 Å². The maximum Gasteiger partial charge on any atom is 0.417 e. The molecule has 0 saturated carbocycles. The lowest BCUT2D eigenvalue weighted by atomic mass is 10.0. The van der Waals surface area contributed by atoms with Crippen LogP contribution < -0.4 is 5.56 Å². The molecule has 0 amide bonds. The number of nitrogens with zero attached hydrogens (tertiary/aromatic N) is 2. The SMILES string of the molecule is CSc1nc(-c2cccc(C(F)(F)F)c2I)c(C#N)c(=O)[nH]1. The molecule has 22 heavy (non-hydrogen) atoms. The highest BCUT2D eigenvalue weighted by Gasteiger charge is 2.34. The van der Waals surface area contributed by atoms with E-state index >= 15 is 0 Å². The number of aromatic nitrogens is 2. The summed E-state index contributed by atoms with van der Waals surface area (Å²) in [5.41, 5.74) is -1.76. The normalized spacial score (nSPS) is 11.3. The molecule has 0 atom stereocenters. The molecule has 0 saturated heterocycles. The summed E-state index contributed by atoms with van der Waals surface area (Å²) in [4.78, 5) is 18.4. The van der Waals surface area contributed by atoms with Gasteiger partial charge in [-0.05, 0) is 34.9 Å². The fourth-order valence-electron chi connectivity index (χ4n) is 1.78. The summed E-state index contributed by atoms with van der Waals surface area (Å²) in [5.74, 6) is 0. The van der Waals surface area contributed by atoms with Crippen molar-refractivity contribution in [3.63, 3.8) is 0 Å². The summed E-state index contributed by atoms with van der Waals surface area (Å²) >= 11 is 2.68. The van der Waals surface area contributed by atoms with Gasteiger partial charge < -0.3 is 4.98 Å². The largest absolute Gasteiger partial charge is 0.417 e. The quantitative estimate of drug-likeness (QED) is 0.443. The minimum atomic E-state index is -4.52. The van der Waals surface area contributed by atoms with E-state index in [1.54, 1.807) is 34.9 Å². The highest BCUT2D eigenvalue weighted by molar-refractivity contribution is 14.1. The minimum absolute atomic E-state index is 0.0499. The zero-order chi connectivity index (χ0) is 16.5. The van der Waals surface area contributed by atoms with Crippen molar-refractivity contribution >= 4 is 34.4 Å². The molecule has 1 aromatic carbocycles. The van der Waals surface area contributed by atoms with Gasteiger partial charge in [-0.15, -0.1) is 0 Å². The van der Waals surface area contributed by atoms with Crippen LogP contribution in [0, 0.1) is 14.9 Å². The van der Waals surface area contributed by atoms with Crippen molar-refractivity contribution in [2.75, 3.05) is 6.26 Å². The van der Waals surface area contributed by atoms with Gasteiger partial charge in [0.1, 0.15) is 11.6 Å². The van der Waals surface area contributed by atoms with E-state index in [0.29, 0.717) is 0 Å². The van der Waals surface area contributed by atoms with Gasteiger partial charge in [-0.3, -0.25) is 4.79 Å². The third-order valence-electron chi connectivity index (χ3n) is 2.76. The number of H-pyrrole nitrogens is 1. The molecule has 1 N–H and O–H groups in total. The first-order valence-electron chi connectivity index (χ1n) is 5.74. The number of alkyl halides is 3. The van der Waals surface area contributed by atoms with E-state index in [0.717, 1.165) is 17.8 Å². The molecule has 2 rings (SSSR count). The Bertz CT molecular complexity index is 827. The summed E-state index contributed by atoms with van der Waals surface area (Å²) in [5, 5.41) is 9.33. The standard InChI is InChI=1S/C13H7F3IN3OS/c1-22-12-19-10(7(5-18)11(21)20-12)6-3-2-4-8(9(6)17)13(14,15)16/h2-4H,1H3,(H,19,20,21). The zero-order valence-electron chi connectivity index (χ0n) is 11.0. The lowest BCUT2D eigenvalue weighted by Gasteiger charge is -2.13. The number of aromatic amines is 1. The lowest BCUT2D eigenvalue weighted by molar-refractivity contribution is -0.138. The minimum Gasteiger partial charge on any atom is -0.300 e. The Morgan fingerprint density at radius 1 is 1.41 bits per heavy atom. The Hall–Kier alpha value is -1.54. The third kappa shape index (κ3) is 3.12. The van der Waals surface area contributed by atoms with E-state index in [2.05, 4.69) is 9.97 Å². The smallest absolute Gasteiger partial charge is 0.300 e. The second kappa shape index (κ2) is 6.29. The van der Waals surface area contributed by atoms with Gasteiger partial charge in [-0.2, -0.15) is 18.4 Å². The molecule has 9 heteroatoms. The van der Waals surface area contributed by atoms with Crippen LogP contribution in [0.5, 0.6) is 0 Å². The van der Waals surface area contributed by atoms with Gasteiger partial charge in [0.15, 0.2) is 5.16 Å². The number of hydrogen-bond donors (Lipinski definition) is 1. The van der Waals surface area contributed by atoms with Crippen LogP contribution in [0.2, 0.25) is 0 Å². The number of thioether (sulfide) groups is 1. The van der Waals surface area contributed by atoms with Gasteiger partial charge >= 0.3 is 6.18 Å². The van der Waals surface area contributed by atoms with Gasteiger partial charge in [0, 0.05) is 9.13 Å². The Balaban J connectivity index is 2.81. The first kappa shape index (κ1) is 16.8. The molecule has 114 valence electrons. The summed E-state index contributed by atoms with van der Waals surface area (Å²) in [6.07, 6.45) is -2.87. The van der Waals surface area contributed by atoms with Crippen LogP contribution in [0.25, 0.3) is 11.3 Å². The summed E-state index contributed by atoms with van der Waals surface area (Å²) in [6, 6.07) is 5.28. The van der Waals surface area contributed by atoms with Crippen molar-refractivity contribution in [1.82, 2.24) is 9.97 Å². The van der Waals surface area contributed by atoms with Crippen LogP contribution in [0.15, 0.2) is 28.2 Å². The maximum absolute atomic E-state index is 13.0. The molecule has 2 aromatic rings. The van der Waals surface area contributed by atoms with E-state index in [4.69, 9.17) is 5.26 Å². The second-order valence-electron chi connectivity index (χ2n) is 4.08. The van der Waals surface area contributed by atoms with Crippen molar-refractivity contribution in [2.45, 2.75) is 11.3 Å². The average Bonchev–Trinajstić information content (AvgIpc) is 2.45. The second-order valence-corrected chi connectivity index (χ2v) is 5.95. The number of benzene rings is 1. The van der Waals surface area contributed by atoms with Crippen molar-refractivity contribution in [3.8, 4) is 17.3 Å². The van der Waals surface area contributed by atoms with Gasteiger partial charge in [-0.25, -0.2) is 4.98 Å². The monoisotopic (exact) mass is 437 g/mol. The fraction of sp³-hybridized carbons (Fsp3) is 0.154. The van der Waals surface area contributed by atoms with Gasteiger partial charge in [0.2, 0.25) is 0 Å². The van der Waals surface area contributed by atoms with Crippen molar-refractivity contribution < 1.29 is 13.2 Å². The Morgan fingerprint density at radius 3 is 2.64 bits per heavy atom. The molecule has 0 aliphatic rings. The van der Waals surface area contributed by atoms with Crippen LogP contribution in [-0.4, -0.2) is 16.2 Å². The molecule has 0 radical (unpaired) electrons. The molecular weight excluding hydrogens is 430 g/mol. The Kier molecular flexibility index (Phi) is 4.81. The third-order valence-corrected chi connectivity index (χ3v) is 4.50. The van der Waals surface area contributed by atoms with E-state index < -0.39 is 17.3 Å². The molecule has 0 unspecified atom stereocenters. The summed E-state index contributed by atoms with van der Waals surface area (Å²) < 4.78 is 38.9. The average molecular weight is 437 g/mol. The van der Waals surface area contributed by atoms with Gasteiger partial charge in [0.25, 0.3) is 5.56 Å². The predicted octanol–water partition coefficient (Wildman–Crippen LogP) is 3.65. The van der Waals surface area contributed by atoms with Crippen LogP contribution in [0.1, 0.15) is 11.1 Å². The first-order valence-corrected chi connectivity index (χ1v) is 8.04. The van der Waals surface area contributed by atoms with Crippen LogP contribution in [-0.2, 0) is 6.18 Å². The molecule has 0 aliphatic heterocycles. The van der Waals surface area contributed by atoms with E-state index in [1.165, 1.54) is 12.1 Å². The molecule has 1 heterocycles. The molecule has 0 bridgehead atoms. The van der Waals surface area contributed by atoms with E-state index in [9.17, 15) is 18.0 Å². The van der Waals surface area contributed by atoms with Crippen LogP contribution in [0.3, 0.4) is 0 Å². The highest BCUT2D eigenvalue weighted by atomic mass is 127. The zero-order valence-corrected chi connectivity index (χ0v) is 13.9. The van der Waals surface area contributed by atoms with Crippen LogP contribution >= 0.6 is 34.4 Å². The highest BCUT2D eigenvalue weighted by Crippen LogP contribution is 2.37. The topological polar surface area (TPSA) is 69.5 Å². The fourth-order valence-corrected chi connectivity index (χ4v) is 3.08. The van der Waals surface area contributed by atoms with E-state index in [1.807, 2.05) is 0 Å². The van der Waals surface area contributed by atoms with Crippen molar-refractivity contribution in [1.29, 1.82) is 5.26 Å². The molecule has 4 nitrogen and oxygen atoms in total. The number of nitrogens with one attached hydrogen (secondary N) is 1. The number of nitriles is 1. The lowest BCUT2D eigenvalue weighted by Crippen LogP contribution is -2.15. The summed E-state index contributed by atoms with van der Waals surface area (Å²) in [6.45, 7) is 0. The predicted molar refractivity (Wildman–Crippen MR) is 84.5 cm³/mol. The molecule has 0 spiro atoms. The van der Waals surface area contributed by atoms with Crippen molar-refractivity contribution in [3.05, 3.63) is 43.2 Å². The number of halogens is 4. The van der Waals surface area contributed by atoms with Crippen molar-refractivity contribution in [2.24, 2.45) is 0 Å².